The third-order valence-electron chi connectivity index (χ3n) is 1.20. The van der Waals surface area contributed by atoms with Crippen LogP contribution in [0, 0.1) is 5.41 Å². The Bertz CT molecular complexity index is 302. The summed E-state index contributed by atoms with van der Waals surface area (Å²) in [5.41, 5.74) is -0.548. The van der Waals surface area contributed by atoms with Crippen molar-refractivity contribution in [1.29, 1.82) is 0 Å². The fourth-order valence-electron chi connectivity index (χ4n) is 0.754. The Morgan fingerprint density at radius 1 is 1.00 bits per heavy atom. The highest BCUT2D eigenvalue weighted by atomic mass is 32.2. The van der Waals surface area contributed by atoms with Gasteiger partial charge in [-0.25, -0.2) is 13.1 Å². The van der Waals surface area contributed by atoms with Crippen LogP contribution in [0.4, 0.5) is 0 Å². The molecule has 84 valence electrons. The third kappa shape index (κ3) is 8.26. The van der Waals surface area contributed by atoms with Gasteiger partial charge < -0.3 is 0 Å². The molecule has 0 spiro atoms. The molecule has 0 aliphatic carbocycles. The van der Waals surface area contributed by atoms with E-state index in [-0.39, 0.29) is 5.41 Å². The SMILES string of the molecule is CC(C)(C)/C=C/S(=O)(=O)NC(C)(C)C. The topological polar surface area (TPSA) is 46.2 Å². The Morgan fingerprint density at radius 3 is 1.71 bits per heavy atom. The Balaban J connectivity index is 4.61. The van der Waals surface area contributed by atoms with Crippen molar-refractivity contribution in [3.8, 4) is 0 Å². The second kappa shape index (κ2) is 4.03. The highest BCUT2D eigenvalue weighted by Gasteiger charge is 2.18. The van der Waals surface area contributed by atoms with Gasteiger partial charge in [0.15, 0.2) is 0 Å². The zero-order valence-electron chi connectivity index (χ0n) is 9.88. The summed E-state index contributed by atoms with van der Waals surface area (Å²) >= 11 is 0. The molecule has 0 bridgehead atoms. The molecule has 1 N–H and O–H groups in total. The number of hydrogen-bond donors (Lipinski definition) is 1. The van der Waals surface area contributed by atoms with Crippen molar-refractivity contribution in [1.82, 2.24) is 4.72 Å². The number of allylic oxidation sites excluding steroid dienone is 1. The van der Waals surface area contributed by atoms with E-state index in [1.54, 1.807) is 6.08 Å². The average Bonchev–Trinajstić information content (AvgIpc) is 1.76. The fourth-order valence-corrected chi connectivity index (χ4v) is 2.26. The highest BCUT2D eigenvalue weighted by Crippen LogP contribution is 2.15. The minimum absolute atomic E-state index is 0.118. The molecular formula is C10H21NO2S. The maximum Gasteiger partial charge on any atom is 0.233 e. The Hall–Kier alpha value is -0.350. The van der Waals surface area contributed by atoms with Gasteiger partial charge in [0.25, 0.3) is 0 Å². The van der Waals surface area contributed by atoms with Gasteiger partial charge in [-0.1, -0.05) is 26.8 Å². The van der Waals surface area contributed by atoms with Crippen LogP contribution in [0.3, 0.4) is 0 Å². The lowest BCUT2D eigenvalue weighted by atomic mass is 9.98. The minimum Gasteiger partial charge on any atom is -0.208 e. The molecule has 0 saturated heterocycles. The highest BCUT2D eigenvalue weighted by molar-refractivity contribution is 7.92. The summed E-state index contributed by atoms with van der Waals surface area (Å²) in [4.78, 5) is 0. The van der Waals surface area contributed by atoms with Crippen LogP contribution in [0.25, 0.3) is 0 Å². The van der Waals surface area contributed by atoms with Gasteiger partial charge in [-0.15, -0.1) is 0 Å². The van der Waals surface area contributed by atoms with Crippen LogP contribution in [-0.2, 0) is 10.0 Å². The summed E-state index contributed by atoms with van der Waals surface area (Å²) < 4.78 is 25.5. The molecule has 0 fully saturated rings. The molecule has 0 aliphatic heterocycles. The predicted molar refractivity (Wildman–Crippen MR) is 60.4 cm³/mol. The molecule has 0 saturated carbocycles. The van der Waals surface area contributed by atoms with E-state index in [0.717, 1.165) is 0 Å². The van der Waals surface area contributed by atoms with E-state index in [2.05, 4.69) is 4.72 Å². The molecule has 0 aromatic rings. The predicted octanol–water partition coefficient (Wildman–Crippen LogP) is 2.26. The van der Waals surface area contributed by atoms with E-state index in [1.165, 1.54) is 5.41 Å². The first-order valence-corrected chi connectivity index (χ1v) is 6.19. The van der Waals surface area contributed by atoms with Crippen molar-refractivity contribution in [3.05, 3.63) is 11.5 Å². The Kier molecular flexibility index (Phi) is 3.93. The lowest BCUT2D eigenvalue weighted by Gasteiger charge is -2.19. The molecule has 0 amide bonds. The van der Waals surface area contributed by atoms with Crippen molar-refractivity contribution in [2.75, 3.05) is 0 Å². The van der Waals surface area contributed by atoms with Crippen molar-refractivity contribution in [2.24, 2.45) is 5.41 Å². The molecule has 14 heavy (non-hydrogen) atoms. The van der Waals surface area contributed by atoms with E-state index in [0.29, 0.717) is 0 Å². The van der Waals surface area contributed by atoms with Crippen molar-refractivity contribution in [2.45, 2.75) is 47.1 Å². The molecule has 0 aliphatic rings. The smallest absolute Gasteiger partial charge is 0.208 e. The quantitative estimate of drug-likeness (QED) is 0.774. The standard InChI is InChI=1S/C10H21NO2S/c1-9(2,3)7-8-14(12,13)11-10(4,5)6/h7-8,11H,1-6H3/b8-7+. The first-order valence-electron chi connectivity index (χ1n) is 4.65. The molecule has 3 nitrogen and oxygen atoms in total. The Morgan fingerprint density at radius 2 is 1.43 bits per heavy atom. The van der Waals surface area contributed by atoms with Gasteiger partial charge in [0.05, 0.1) is 0 Å². The minimum atomic E-state index is -3.30. The molecule has 0 radical (unpaired) electrons. The van der Waals surface area contributed by atoms with Gasteiger partial charge >= 0.3 is 0 Å². The largest absolute Gasteiger partial charge is 0.233 e. The molecule has 0 rings (SSSR count). The maximum absolute atomic E-state index is 11.5. The van der Waals surface area contributed by atoms with Gasteiger partial charge in [-0.2, -0.15) is 0 Å². The summed E-state index contributed by atoms with van der Waals surface area (Å²) in [5.74, 6) is 0. The van der Waals surface area contributed by atoms with Crippen molar-refractivity contribution >= 4 is 10.0 Å². The van der Waals surface area contributed by atoms with Crippen LogP contribution in [0.2, 0.25) is 0 Å². The number of hydrogen-bond acceptors (Lipinski definition) is 2. The fraction of sp³-hybridized carbons (Fsp3) is 0.800. The number of nitrogens with one attached hydrogen (secondary N) is 1. The zero-order chi connectivity index (χ0) is 11.6. The molecule has 0 heterocycles. The van der Waals surface area contributed by atoms with E-state index in [9.17, 15) is 8.42 Å². The summed E-state index contributed by atoms with van der Waals surface area (Å²) in [7, 11) is -3.30. The van der Waals surface area contributed by atoms with Crippen LogP contribution in [-0.4, -0.2) is 14.0 Å². The molecule has 0 unspecified atom stereocenters. The van der Waals surface area contributed by atoms with Gasteiger partial charge in [0.1, 0.15) is 0 Å². The van der Waals surface area contributed by atoms with Crippen LogP contribution in [0.5, 0.6) is 0 Å². The van der Waals surface area contributed by atoms with Gasteiger partial charge in [0, 0.05) is 10.9 Å². The second-order valence-electron chi connectivity index (χ2n) is 5.57. The van der Waals surface area contributed by atoms with Gasteiger partial charge in [0.2, 0.25) is 10.0 Å². The van der Waals surface area contributed by atoms with Gasteiger partial charge in [-0.3, -0.25) is 0 Å². The maximum atomic E-state index is 11.5. The van der Waals surface area contributed by atoms with Crippen LogP contribution < -0.4 is 4.72 Å². The lowest BCUT2D eigenvalue weighted by molar-refractivity contribution is 0.495. The van der Waals surface area contributed by atoms with E-state index < -0.39 is 15.6 Å². The second-order valence-corrected chi connectivity index (χ2v) is 7.13. The molecule has 4 heteroatoms. The van der Waals surface area contributed by atoms with E-state index in [1.807, 2.05) is 41.5 Å². The molecule has 0 aromatic carbocycles. The van der Waals surface area contributed by atoms with Crippen LogP contribution in [0.1, 0.15) is 41.5 Å². The van der Waals surface area contributed by atoms with Crippen LogP contribution >= 0.6 is 0 Å². The van der Waals surface area contributed by atoms with E-state index >= 15 is 0 Å². The third-order valence-corrected chi connectivity index (χ3v) is 2.59. The van der Waals surface area contributed by atoms with Crippen molar-refractivity contribution < 1.29 is 8.42 Å². The molecule has 0 atom stereocenters. The van der Waals surface area contributed by atoms with Gasteiger partial charge in [-0.05, 0) is 26.2 Å². The summed E-state index contributed by atoms with van der Waals surface area (Å²) in [6.07, 6.45) is 1.68. The van der Waals surface area contributed by atoms with Crippen LogP contribution in [0.15, 0.2) is 11.5 Å². The summed E-state index contributed by atoms with van der Waals surface area (Å²) in [6, 6.07) is 0. The monoisotopic (exact) mass is 219 g/mol. The average molecular weight is 219 g/mol. The summed E-state index contributed by atoms with van der Waals surface area (Å²) in [5, 5.41) is 1.23. The normalized spacial score (nSPS) is 15.0. The first kappa shape index (κ1) is 13.7. The molecular weight excluding hydrogens is 198 g/mol. The molecule has 0 aromatic heterocycles. The van der Waals surface area contributed by atoms with Crippen molar-refractivity contribution in [3.63, 3.8) is 0 Å². The number of sulfonamides is 1. The lowest BCUT2D eigenvalue weighted by Crippen LogP contribution is -2.39. The Labute approximate surface area is 87.6 Å². The number of rotatable bonds is 2. The zero-order valence-corrected chi connectivity index (χ0v) is 10.7. The summed E-state index contributed by atoms with van der Waals surface area (Å²) in [6.45, 7) is 11.3. The van der Waals surface area contributed by atoms with E-state index in [4.69, 9.17) is 0 Å². The first-order chi connectivity index (χ1) is 5.91.